The van der Waals surface area contributed by atoms with E-state index in [1.54, 1.807) is 24.4 Å². The molecule has 1 aromatic heterocycles. The highest BCUT2D eigenvalue weighted by Gasteiger charge is 2.43. The maximum Gasteiger partial charge on any atom is 0.337 e. The Hall–Kier alpha value is -5.39. The molecule has 5 nitrogen and oxygen atoms in total. The van der Waals surface area contributed by atoms with E-state index in [2.05, 4.69) is 133 Å². The molecule has 2 atom stereocenters. The van der Waals surface area contributed by atoms with Crippen molar-refractivity contribution in [1.82, 2.24) is 4.98 Å². The smallest absolute Gasteiger partial charge is 0.337 e. The fourth-order valence-electron chi connectivity index (χ4n) is 8.70. The van der Waals surface area contributed by atoms with Gasteiger partial charge < -0.3 is 14.9 Å². The van der Waals surface area contributed by atoms with Gasteiger partial charge in [0, 0.05) is 55.1 Å². The van der Waals surface area contributed by atoms with E-state index in [1.165, 1.54) is 55.2 Å². The van der Waals surface area contributed by atoms with E-state index in [0.29, 0.717) is 5.52 Å². The van der Waals surface area contributed by atoms with Crippen LogP contribution in [0.1, 0.15) is 57.8 Å². The molecule has 0 bridgehead atoms. The Balaban J connectivity index is 0.000000259. The summed E-state index contributed by atoms with van der Waals surface area (Å²) < 4.78 is 0. The van der Waals surface area contributed by atoms with Crippen molar-refractivity contribution in [2.24, 2.45) is 5.41 Å². The summed E-state index contributed by atoms with van der Waals surface area (Å²) in [6, 6.07) is 44.6. The van der Waals surface area contributed by atoms with Crippen LogP contribution in [0, 0.1) is 12.3 Å². The van der Waals surface area contributed by atoms with Crippen molar-refractivity contribution in [2.75, 3.05) is 36.0 Å². The molecule has 1 aliphatic heterocycles. The van der Waals surface area contributed by atoms with Crippen LogP contribution in [0.5, 0.6) is 0 Å². The first-order chi connectivity index (χ1) is 25.7. The molecule has 2 unspecified atom stereocenters. The highest BCUT2D eigenvalue weighted by Crippen LogP contribution is 2.55. The summed E-state index contributed by atoms with van der Waals surface area (Å²) in [5.41, 5.74) is 8.93. The number of para-hydroxylation sites is 2. The van der Waals surface area contributed by atoms with E-state index in [-0.39, 0.29) is 22.3 Å². The van der Waals surface area contributed by atoms with Crippen molar-refractivity contribution < 1.29 is 9.90 Å². The molecule has 7 aromatic rings. The van der Waals surface area contributed by atoms with Crippen LogP contribution in [-0.4, -0.2) is 42.2 Å². The standard InChI is InChI=1S/C37H37ClN2.C10H7NO2/c1-25-9-4-7-14-34(25)40-21-19-39(20-22-40)28-12-8-11-27(23-28)35-36(38)32-18-17-30-29-13-6-5-10-26(29)15-16-31(30)33(32)24-37(35,2)3;12-10(13)8-5-1-3-7-4-2-6-11-9(7)8/h4-18,23,35-36H,19-22,24H2,1-3H3;1-6H,(H,12,13). The number of fused-ring (bicyclic) bond motifs is 6. The number of carboxylic acids is 1. The zero-order valence-corrected chi connectivity index (χ0v) is 31.2. The summed E-state index contributed by atoms with van der Waals surface area (Å²) >= 11 is 7.47. The Bertz CT molecular complexity index is 2460. The van der Waals surface area contributed by atoms with Gasteiger partial charge in [0.05, 0.1) is 16.5 Å². The van der Waals surface area contributed by atoms with Crippen molar-refractivity contribution >= 4 is 61.4 Å². The molecule has 53 heavy (non-hydrogen) atoms. The van der Waals surface area contributed by atoms with Gasteiger partial charge in [0.1, 0.15) is 0 Å². The lowest BCUT2D eigenvalue weighted by atomic mass is 9.63. The number of alkyl halides is 1. The first-order valence-electron chi connectivity index (χ1n) is 18.5. The maximum absolute atomic E-state index is 10.8. The van der Waals surface area contributed by atoms with Crippen molar-refractivity contribution in [3.8, 4) is 0 Å². The average Bonchev–Trinajstić information content (AvgIpc) is 3.18. The molecule has 6 aromatic carbocycles. The number of halogens is 1. The lowest BCUT2D eigenvalue weighted by molar-refractivity contribution is 0.0698. The first kappa shape index (κ1) is 34.7. The van der Waals surface area contributed by atoms with Gasteiger partial charge in [-0.1, -0.05) is 111 Å². The summed E-state index contributed by atoms with van der Waals surface area (Å²) in [4.78, 5) is 19.9. The van der Waals surface area contributed by atoms with E-state index < -0.39 is 5.97 Å². The number of anilines is 2. The fraction of sp³-hybridized carbons (Fsp3) is 0.234. The molecule has 2 aliphatic rings. The highest BCUT2D eigenvalue weighted by molar-refractivity contribution is 6.22. The van der Waals surface area contributed by atoms with Gasteiger partial charge in [-0.05, 0) is 92.9 Å². The van der Waals surface area contributed by atoms with Gasteiger partial charge in [-0.25, -0.2) is 4.79 Å². The quantitative estimate of drug-likeness (QED) is 0.145. The van der Waals surface area contributed by atoms with E-state index in [4.69, 9.17) is 16.7 Å². The number of aromatic carboxylic acids is 1. The van der Waals surface area contributed by atoms with Crippen LogP contribution in [0.4, 0.5) is 11.4 Å². The van der Waals surface area contributed by atoms with Crippen molar-refractivity contribution in [2.45, 2.75) is 38.5 Å². The molecule has 0 radical (unpaired) electrons. The van der Waals surface area contributed by atoms with Crippen LogP contribution in [0.25, 0.3) is 32.4 Å². The Morgan fingerprint density at radius 1 is 0.736 bits per heavy atom. The maximum atomic E-state index is 10.8. The minimum atomic E-state index is -0.940. The number of aryl methyl sites for hydroxylation is 1. The second-order valence-electron chi connectivity index (χ2n) is 15.1. The Labute approximate surface area is 316 Å². The fourth-order valence-corrected chi connectivity index (χ4v) is 9.39. The summed E-state index contributed by atoms with van der Waals surface area (Å²) in [7, 11) is 0. The number of pyridine rings is 1. The van der Waals surface area contributed by atoms with Crippen molar-refractivity contribution in [1.29, 1.82) is 0 Å². The molecule has 1 saturated heterocycles. The van der Waals surface area contributed by atoms with Gasteiger partial charge >= 0.3 is 5.97 Å². The number of nitrogens with zero attached hydrogens (tertiary/aromatic N) is 3. The number of rotatable bonds is 4. The molecule has 0 spiro atoms. The van der Waals surface area contributed by atoms with E-state index in [1.807, 2.05) is 12.1 Å². The number of piperazine rings is 1. The van der Waals surface area contributed by atoms with Gasteiger partial charge in [0.25, 0.3) is 0 Å². The molecule has 266 valence electrons. The Morgan fingerprint density at radius 3 is 2.25 bits per heavy atom. The number of carboxylic acid groups (broad SMARTS) is 1. The predicted molar refractivity (Wildman–Crippen MR) is 221 cm³/mol. The predicted octanol–water partition coefficient (Wildman–Crippen LogP) is 11.2. The highest BCUT2D eigenvalue weighted by atomic mass is 35.5. The largest absolute Gasteiger partial charge is 0.478 e. The van der Waals surface area contributed by atoms with Gasteiger partial charge in [-0.3, -0.25) is 4.98 Å². The summed E-state index contributed by atoms with van der Waals surface area (Å²) in [6.45, 7) is 11.2. The minimum absolute atomic E-state index is 0.0293. The van der Waals surface area contributed by atoms with E-state index in [0.717, 1.165) is 38.0 Å². The Morgan fingerprint density at radius 2 is 1.43 bits per heavy atom. The SMILES string of the molecule is Cc1ccccc1N1CCN(c2cccc(C3C(Cl)c4ccc5c(ccc6ccccc65)c4CC3(C)C)c2)CC1.O=C(O)c1cccc2cccnc12. The van der Waals surface area contributed by atoms with Crippen molar-refractivity contribution in [3.63, 3.8) is 0 Å². The monoisotopic (exact) mass is 717 g/mol. The molecular weight excluding hydrogens is 674 g/mol. The van der Waals surface area contributed by atoms with Gasteiger partial charge in [0.15, 0.2) is 0 Å². The normalized spacial score (nSPS) is 18.0. The van der Waals surface area contributed by atoms with E-state index in [9.17, 15) is 4.79 Å². The summed E-state index contributed by atoms with van der Waals surface area (Å²) in [5, 5.41) is 14.9. The number of hydrogen-bond donors (Lipinski definition) is 1. The van der Waals surface area contributed by atoms with Gasteiger partial charge in [-0.15, -0.1) is 11.6 Å². The van der Waals surface area contributed by atoms with Gasteiger partial charge in [-0.2, -0.15) is 0 Å². The number of benzene rings is 6. The zero-order valence-electron chi connectivity index (χ0n) is 30.5. The zero-order chi connectivity index (χ0) is 36.7. The molecule has 6 heteroatoms. The molecule has 1 aliphatic carbocycles. The third-order valence-corrected chi connectivity index (χ3v) is 11.8. The molecule has 1 fully saturated rings. The number of aromatic nitrogens is 1. The topological polar surface area (TPSA) is 56.7 Å². The lowest BCUT2D eigenvalue weighted by Crippen LogP contribution is -2.46. The molecule has 9 rings (SSSR count). The van der Waals surface area contributed by atoms with E-state index >= 15 is 0 Å². The average molecular weight is 718 g/mol. The van der Waals surface area contributed by atoms with Crippen LogP contribution in [0.2, 0.25) is 0 Å². The second-order valence-corrected chi connectivity index (χ2v) is 15.6. The van der Waals surface area contributed by atoms with Gasteiger partial charge in [0.2, 0.25) is 0 Å². The molecule has 0 saturated carbocycles. The summed E-state index contributed by atoms with van der Waals surface area (Å²) in [5.74, 6) is -0.697. The third kappa shape index (κ3) is 6.59. The second kappa shape index (κ2) is 14.2. The van der Waals surface area contributed by atoms with Crippen LogP contribution >= 0.6 is 11.6 Å². The Kier molecular flexibility index (Phi) is 9.30. The van der Waals surface area contributed by atoms with Crippen molar-refractivity contribution in [3.05, 3.63) is 161 Å². The first-order valence-corrected chi connectivity index (χ1v) is 18.9. The number of hydrogen-bond acceptors (Lipinski definition) is 4. The van der Waals surface area contributed by atoms with Crippen LogP contribution < -0.4 is 9.80 Å². The van der Waals surface area contributed by atoms with Crippen LogP contribution in [-0.2, 0) is 6.42 Å². The van der Waals surface area contributed by atoms with Crippen LogP contribution in [0.15, 0.2) is 134 Å². The lowest BCUT2D eigenvalue weighted by Gasteiger charge is -2.44. The third-order valence-electron chi connectivity index (χ3n) is 11.3. The molecule has 0 amide bonds. The van der Waals surface area contributed by atoms with Crippen LogP contribution in [0.3, 0.4) is 0 Å². The molecular formula is C47H44ClN3O2. The number of carbonyl (C=O) groups is 1. The molecule has 1 N–H and O–H groups in total. The summed E-state index contributed by atoms with van der Waals surface area (Å²) in [6.07, 6.45) is 2.61. The molecule has 2 heterocycles. The minimum Gasteiger partial charge on any atom is -0.478 e.